The largest absolute Gasteiger partial charge is 0.350 e. The standard InChI is InChI=1S/C22H26FN5O3S2/c1-4-32-18-17(12-27-11-16(25-26-27)14-6-8-15(23)9-7-14)31-21(19(18)33-5-2)28-10-13(3)20(29)24-22(28)30/h6-11,17-19,21H,4-5,12H2,1-3H3,(H,24,29,30)/t17-,18-,19-,21-/m1/s1. The molecule has 1 N–H and O–H groups in total. The Morgan fingerprint density at radius 3 is 2.48 bits per heavy atom. The molecule has 0 spiro atoms. The Bertz CT molecular complexity index is 1210. The van der Waals surface area contributed by atoms with Gasteiger partial charge in [0.25, 0.3) is 5.56 Å². The Kier molecular flexibility index (Phi) is 7.40. The van der Waals surface area contributed by atoms with E-state index in [0.717, 1.165) is 17.1 Å². The number of thioether (sulfide) groups is 2. The summed E-state index contributed by atoms with van der Waals surface area (Å²) in [4.78, 5) is 26.9. The molecule has 176 valence electrons. The number of hydrogen-bond acceptors (Lipinski definition) is 7. The van der Waals surface area contributed by atoms with Crippen molar-refractivity contribution in [2.24, 2.45) is 0 Å². The summed E-state index contributed by atoms with van der Waals surface area (Å²) in [6.07, 6.45) is 2.67. The van der Waals surface area contributed by atoms with Crippen molar-refractivity contribution in [1.82, 2.24) is 24.5 Å². The van der Waals surface area contributed by atoms with Crippen LogP contribution in [0.5, 0.6) is 0 Å². The summed E-state index contributed by atoms with van der Waals surface area (Å²) in [6, 6.07) is 6.12. The highest BCUT2D eigenvalue weighted by molar-refractivity contribution is 8.03. The number of ether oxygens (including phenoxy) is 1. The number of aromatic nitrogens is 5. The summed E-state index contributed by atoms with van der Waals surface area (Å²) >= 11 is 3.54. The Balaban J connectivity index is 1.62. The monoisotopic (exact) mass is 491 g/mol. The van der Waals surface area contributed by atoms with Gasteiger partial charge in [0.1, 0.15) is 11.5 Å². The van der Waals surface area contributed by atoms with E-state index in [-0.39, 0.29) is 28.0 Å². The molecule has 1 saturated heterocycles. The quantitative estimate of drug-likeness (QED) is 0.517. The second-order valence-electron chi connectivity index (χ2n) is 7.72. The van der Waals surface area contributed by atoms with E-state index < -0.39 is 11.9 Å². The third-order valence-corrected chi connectivity index (χ3v) is 8.20. The summed E-state index contributed by atoms with van der Waals surface area (Å²) < 4.78 is 22.9. The van der Waals surface area contributed by atoms with Gasteiger partial charge < -0.3 is 4.74 Å². The lowest BCUT2D eigenvalue weighted by Gasteiger charge is -2.23. The molecule has 8 nitrogen and oxygen atoms in total. The van der Waals surface area contributed by atoms with Gasteiger partial charge in [0.05, 0.1) is 24.1 Å². The minimum absolute atomic E-state index is 0.0213. The molecule has 3 heterocycles. The van der Waals surface area contributed by atoms with Crippen LogP contribution in [0.1, 0.15) is 25.6 Å². The topological polar surface area (TPSA) is 94.8 Å². The molecular weight excluding hydrogens is 465 g/mol. The summed E-state index contributed by atoms with van der Waals surface area (Å²) in [5.74, 6) is 1.46. The van der Waals surface area contributed by atoms with Crippen LogP contribution in [0.15, 0.2) is 46.2 Å². The Hall–Kier alpha value is -2.37. The Morgan fingerprint density at radius 2 is 1.79 bits per heavy atom. The summed E-state index contributed by atoms with van der Waals surface area (Å²) in [7, 11) is 0. The lowest BCUT2D eigenvalue weighted by atomic mass is 10.2. The number of benzene rings is 1. The van der Waals surface area contributed by atoms with E-state index in [9.17, 15) is 14.0 Å². The SMILES string of the molecule is CCS[C@@H]1[C@H](SCC)[C@@H](Cn2cc(-c3ccc(F)cc3)nn2)O[C@H]1n1cc(C)c(=O)[nH]c1=O. The van der Waals surface area contributed by atoms with Crippen LogP contribution in [0.25, 0.3) is 11.3 Å². The molecule has 33 heavy (non-hydrogen) atoms. The van der Waals surface area contributed by atoms with Gasteiger partial charge >= 0.3 is 5.69 Å². The molecule has 1 fully saturated rings. The first-order valence-electron chi connectivity index (χ1n) is 10.8. The maximum atomic E-state index is 13.2. The molecule has 2 aromatic heterocycles. The van der Waals surface area contributed by atoms with E-state index in [1.807, 2.05) is 6.20 Å². The molecule has 0 amide bonds. The van der Waals surface area contributed by atoms with E-state index in [4.69, 9.17) is 4.74 Å². The first-order chi connectivity index (χ1) is 15.9. The minimum Gasteiger partial charge on any atom is -0.350 e. The highest BCUT2D eigenvalue weighted by Crippen LogP contribution is 2.43. The molecule has 1 aromatic carbocycles. The van der Waals surface area contributed by atoms with Crippen LogP contribution in [0.4, 0.5) is 4.39 Å². The molecule has 4 rings (SSSR count). The maximum Gasteiger partial charge on any atom is 0.330 e. The zero-order valence-electron chi connectivity index (χ0n) is 18.6. The predicted molar refractivity (Wildman–Crippen MR) is 129 cm³/mol. The Morgan fingerprint density at radius 1 is 1.09 bits per heavy atom. The molecule has 4 atom stereocenters. The van der Waals surface area contributed by atoms with Crippen LogP contribution in [0.3, 0.4) is 0 Å². The van der Waals surface area contributed by atoms with E-state index in [0.29, 0.717) is 17.8 Å². The number of hydrogen-bond donors (Lipinski definition) is 1. The lowest BCUT2D eigenvalue weighted by Crippen LogP contribution is -2.37. The van der Waals surface area contributed by atoms with Crippen LogP contribution in [0, 0.1) is 12.7 Å². The number of nitrogens with one attached hydrogen (secondary N) is 1. The second kappa shape index (κ2) is 10.3. The van der Waals surface area contributed by atoms with E-state index >= 15 is 0 Å². The fraction of sp³-hybridized carbons (Fsp3) is 0.455. The predicted octanol–water partition coefficient (Wildman–Crippen LogP) is 3.08. The fourth-order valence-electron chi connectivity index (χ4n) is 3.94. The lowest BCUT2D eigenvalue weighted by molar-refractivity contribution is -0.00728. The third kappa shape index (κ3) is 5.10. The smallest absolute Gasteiger partial charge is 0.330 e. The number of rotatable bonds is 8. The van der Waals surface area contributed by atoms with Crippen LogP contribution < -0.4 is 11.2 Å². The van der Waals surface area contributed by atoms with Crippen molar-refractivity contribution in [3.8, 4) is 11.3 Å². The highest BCUT2D eigenvalue weighted by atomic mass is 32.2. The van der Waals surface area contributed by atoms with E-state index in [1.54, 1.807) is 53.5 Å². The number of H-pyrrole nitrogens is 1. The zero-order valence-corrected chi connectivity index (χ0v) is 20.2. The van der Waals surface area contributed by atoms with Crippen molar-refractivity contribution < 1.29 is 9.13 Å². The number of aromatic amines is 1. The van der Waals surface area contributed by atoms with Gasteiger partial charge in [0, 0.05) is 22.6 Å². The molecule has 11 heteroatoms. The average molecular weight is 492 g/mol. The first kappa shape index (κ1) is 23.8. The number of nitrogens with zero attached hydrogens (tertiary/aromatic N) is 4. The van der Waals surface area contributed by atoms with E-state index in [1.165, 1.54) is 16.7 Å². The third-order valence-electron chi connectivity index (χ3n) is 5.47. The van der Waals surface area contributed by atoms with Crippen molar-refractivity contribution in [3.05, 3.63) is 68.9 Å². The van der Waals surface area contributed by atoms with Gasteiger partial charge in [-0.15, -0.1) is 5.10 Å². The van der Waals surface area contributed by atoms with Gasteiger partial charge in [-0.25, -0.2) is 13.9 Å². The van der Waals surface area contributed by atoms with Crippen molar-refractivity contribution in [1.29, 1.82) is 0 Å². The van der Waals surface area contributed by atoms with Gasteiger partial charge in [-0.2, -0.15) is 23.5 Å². The number of halogens is 1. The molecule has 1 aliphatic heterocycles. The molecule has 3 aromatic rings. The van der Waals surface area contributed by atoms with Crippen LogP contribution in [-0.4, -0.2) is 52.7 Å². The van der Waals surface area contributed by atoms with Crippen molar-refractivity contribution in [3.63, 3.8) is 0 Å². The molecule has 0 saturated carbocycles. The Labute approximate surface area is 198 Å². The van der Waals surface area contributed by atoms with Gasteiger partial charge in [0.2, 0.25) is 0 Å². The first-order valence-corrected chi connectivity index (χ1v) is 12.9. The van der Waals surface area contributed by atoms with Gasteiger partial charge in [-0.05, 0) is 42.7 Å². The fourth-order valence-corrected chi connectivity index (χ4v) is 6.60. The summed E-state index contributed by atoms with van der Waals surface area (Å²) in [5, 5.41) is 8.61. The van der Waals surface area contributed by atoms with Crippen LogP contribution in [0.2, 0.25) is 0 Å². The minimum atomic E-state index is -0.507. The molecule has 0 bridgehead atoms. The van der Waals surface area contributed by atoms with Gasteiger partial charge in [0.15, 0.2) is 6.23 Å². The van der Waals surface area contributed by atoms with Gasteiger partial charge in [-0.1, -0.05) is 19.1 Å². The van der Waals surface area contributed by atoms with Crippen LogP contribution >= 0.6 is 23.5 Å². The van der Waals surface area contributed by atoms with E-state index in [2.05, 4.69) is 29.1 Å². The van der Waals surface area contributed by atoms with Crippen molar-refractivity contribution in [2.75, 3.05) is 11.5 Å². The number of aryl methyl sites for hydroxylation is 1. The maximum absolute atomic E-state index is 13.2. The summed E-state index contributed by atoms with van der Waals surface area (Å²) in [5.41, 5.74) is 1.03. The molecular formula is C22H26FN5O3S2. The van der Waals surface area contributed by atoms with Crippen molar-refractivity contribution >= 4 is 23.5 Å². The van der Waals surface area contributed by atoms with Crippen LogP contribution in [-0.2, 0) is 11.3 Å². The summed E-state index contributed by atoms with van der Waals surface area (Å²) in [6.45, 7) is 6.31. The second-order valence-corrected chi connectivity index (χ2v) is 10.6. The highest BCUT2D eigenvalue weighted by Gasteiger charge is 2.46. The average Bonchev–Trinajstić information content (AvgIpc) is 3.38. The van der Waals surface area contributed by atoms with Crippen molar-refractivity contribution in [2.45, 2.75) is 50.1 Å². The zero-order chi connectivity index (χ0) is 23.5. The molecule has 0 aliphatic carbocycles. The molecule has 1 aliphatic rings. The molecule has 0 unspecified atom stereocenters. The molecule has 0 radical (unpaired) electrons. The van der Waals surface area contributed by atoms with Gasteiger partial charge in [-0.3, -0.25) is 14.3 Å². The normalized spacial score (nSPS) is 22.7.